The number of benzene rings is 2. The van der Waals surface area contributed by atoms with Gasteiger partial charge in [0.1, 0.15) is 5.75 Å². The van der Waals surface area contributed by atoms with E-state index in [-0.39, 0.29) is 47.7 Å². The molecule has 2 aromatic carbocycles. The van der Waals surface area contributed by atoms with Crippen molar-refractivity contribution >= 4 is 44.8 Å². The molecule has 0 bridgehead atoms. The minimum absolute atomic E-state index is 0.0286. The molecule has 2 heterocycles. The standard InChI is InChI=1S/C26H30ClN3O5S/c1-16-13-19-14-21(6-7-23(19)30(16)26(32)18-3-4-18)36(33,34)29-11-9-17(10-12-29)25(31)28-20-5-8-24(35-2)22(27)15-20/h5-8,14-18H,3-4,9-13H2,1-2H3,(H,28,31)/t16-/m0/s1. The summed E-state index contributed by atoms with van der Waals surface area (Å²) >= 11 is 6.14. The Morgan fingerprint density at radius 2 is 1.75 bits per heavy atom. The first-order valence-corrected chi connectivity index (χ1v) is 14.1. The molecule has 1 N–H and O–H groups in total. The van der Waals surface area contributed by atoms with Crippen LogP contribution in [-0.4, -0.2) is 50.8 Å². The van der Waals surface area contributed by atoms with E-state index >= 15 is 0 Å². The molecule has 0 radical (unpaired) electrons. The first kappa shape index (κ1) is 25.0. The van der Waals surface area contributed by atoms with Crippen LogP contribution >= 0.6 is 11.6 Å². The Bertz CT molecular complexity index is 1300. The summed E-state index contributed by atoms with van der Waals surface area (Å²) < 4.78 is 33.4. The Kier molecular flexibility index (Phi) is 6.74. The van der Waals surface area contributed by atoms with E-state index < -0.39 is 10.0 Å². The van der Waals surface area contributed by atoms with Crippen molar-refractivity contribution in [2.75, 3.05) is 30.4 Å². The van der Waals surface area contributed by atoms with Gasteiger partial charge in [0, 0.05) is 42.3 Å². The van der Waals surface area contributed by atoms with Crippen molar-refractivity contribution in [3.8, 4) is 5.75 Å². The molecule has 1 atom stereocenters. The summed E-state index contributed by atoms with van der Waals surface area (Å²) in [5.41, 5.74) is 2.29. The van der Waals surface area contributed by atoms with Crippen molar-refractivity contribution in [2.24, 2.45) is 11.8 Å². The van der Waals surface area contributed by atoms with E-state index in [1.807, 2.05) is 11.8 Å². The van der Waals surface area contributed by atoms with Gasteiger partial charge in [-0.1, -0.05) is 11.6 Å². The first-order valence-electron chi connectivity index (χ1n) is 12.3. The first-order chi connectivity index (χ1) is 17.2. The Labute approximate surface area is 216 Å². The number of ether oxygens (including phenoxy) is 1. The third kappa shape index (κ3) is 4.71. The van der Waals surface area contributed by atoms with E-state index in [0.29, 0.717) is 35.7 Å². The zero-order valence-corrected chi connectivity index (χ0v) is 21.9. The summed E-state index contributed by atoms with van der Waals surface area (Å²) in [4.78, 5) is 27.6. The van der Waals surface area contributed by atoms with E-state index in [0.717, 1.165) is 24.1 Å². The lowest BCUT2D eigenvalue weighted by Gasteiger charge is -2.30. The number of halogens is 1. The van der Waals surface area contributed by atoms with Crippen LogP contribution < -0.4 is 15.0 Å². The van der Waals surface area contributed by atoms with Gasteiger partial charge in [0.05, 0.1) is 17.0 Å². The summed E-state index contributed by atoms with van der Waals surface area (Å²) in [6.45, 7) is 2.54. The zero-order chi connectivity index (χ0) is 25.6. The molecular formula is C26H30ClN3O5S. The third-order valence-electron chi connectivity index (χ3n) is 7.31. The second-order valence-corrected chi connectivity index (χ2v) is 12.2. The quantitative estimate of drug-likeness (QED) is 0.606. The number of piperidine rings is 1. The predicted molar refractivity (Wildman–Crippen MR) is 138 cm³/mol. The number of carbonyl (C=O) groups excluding carboxylic acids is 2. The van der Waals surface area contributed by atoms with Gasteiger partial charge >= 0.3 is 0 Å². The molecule has 1 saturated heterocycles. The van der Waals surface area contributed by atoms with E-state index in [1.165, 1.54) is 11.4 Å². The third-order valence-corrected chi connectivity index (χ3v) is 9.50. The highest BCUT2D eigenvalue weighted by atomic mass is 35.5. The number of hydrogen-bond acceptors (Lipinski definition) is 5. The maximum atomic E-state index is 13.4. The number of rotatable bonds is 6. The van der Waals surface area contributed by atoms with Gasteiger partial charge in [-0.25, -0.2) is 8.42 Å². The van der Waals surface area contributed by atoms with Crippen LogP contribution in [0.4, 0.5) is 11.4 Å². The molecule has 2 amide bonds. The molecule has 0 spiro atoms. The van der Waals surface area contributed by atoms with Crippen LogP contribution in [0.2, 0.25) is 5.02 Å². The highest BCUT2D eigenvalue weighted by Crippen LogP contribution is 2.40. The van der Waals surface area contributed by atoms with Crippen LogP contribution in [0.3, 0.4) is 0 Å². The number of fused-ring (bicyclic) bond motifs is 1. The van der Waals surface area contributed by atoms with Gasteiger partial charge in [-0.3, -0.25) is 9.59 Å². The number of anilines is 2. The van der Waals surface area contributed by atoms with Gasteiger partial charge in [0.2, 0.25) is 21.8 Å². The summed E-state index contributed by atoms with van der Waals surface area (Å²) in [5.74, 6) is 0.341. The number of methoxy groups -OCH3 is 1. The van der Waals surface area contributed by atoms with E-state index in [4.69, 9.17) is 16.3 Å². The molecule has 192 valence electrons. The number of amides is 2. The maximum Gasteiger partial charge on any atom is 0.243 e. The number of nitrogens with one attached hydrogen (secondary N) is 1. The fraction of sp³-hybridized carbons (Fsp3) is 0.462. The van der Waals surface area contributed by atoms with Crippen molar-refractivity contribution in [3.05, 3.63) is 47.0 Å². The number of hydrogen-bond donors (Lipinski definition) is 1. The molecule has 10 heteroatoms. The van der Waals surface area contributed by atoms with Crippen molar-refractivity contribution in [1.29, 1.82) is 0 Å². The van der Waals surface area contributed by atoms with Crippen LogP contribution in [0.5, 0.6) is 5.75 Å². The molecule has 36 heavy (non-hydrogen) atoms. The van der Waals surface area contributed by atoms with E-state index in [1.54, 1.807) is 36.4 Å². The van der Waals surface area contributed by atoms with Gasteiger partial charge in [0.25, 0.3) is 0 Å². The highest BCUT2D eigenvalue weighted by molar-refractivity contribution is 7.89. The number of sulfonamides is 1. The molecule has 2 aliphatic heterocycles. The molecule has 3 aliphatic rings. The second-order valence-electron chi connectivity index (χ2n) is 9.84. The molecule has 1 aliphatic carbocycles. The minimum Gasteiger partial charge on any atom is -0.495 e. The molecular weight excluding hydrogens is 502 g/mol. The average Bonchev–Trinajstić information content (AvgIpc) is 3.65. The largest absolute Gasteiger partial charge is 0.495 e. The lowest BCUT2D eigenvalue weighted by atomic mass is 9.97. The smallest absolute Gasteiger partial charge is 0.243 e. The fourth-order valence-electron chi connectivity index (χ4n) is 5.13. The summed E-state index contributed by atoms with van der Waals surface area (Å²) in [5, 5.41) is 3.27. The molecule has 2 aromatic rings. The lowest BCUT2D eigenvalue weighted by molar-refractivity contribution is -0.121. The predicted octanol–water partition coefficient (Wildman–Crippen LogP) is 4.08. The Morgan fingerprint density at radius 1 is 1.03 bits per heavy atom. The van der Waals surface area contributed by atoms with Crippen LogP contribution in [0.25, 0.3) is 0 Å². The SMILES string of the molecule is COc1ccc(NC(=O)C2CCN(S(=O)(=O)c3ccc4c(c3)C[C@H](C)N4C(=O)C3CC3)CC2)cc1Cl. The average molecular weight is 532 g/mol. The van der Waals surface area contributed by atoms with E-state index in [9.17, 15) is 18.0 Å². The molecule has 0 aromatic heterocycles. The minimum atomic E-state index is -3.70. The van der Waals surface area contributed by atoms with Gasteiger partial charge in [-0.2, -0.15) is 4.31 Å². The van der Waals surface area contributed by atoms with Gasteiger partial charge in [-0.05, 0) is 81.0 Å². The van der Waals surface area contributed by atoms with Crippen LogP contribution in [-0.2, 0) is 26.0 Å². The van der Waals surface area contributed by atoms with Crippen molar-refractivity contribution in [2.45, 2.75) is 50.0 Å². The normalized spacial score (nSPS) is 20.8. The zero-order valence-electron chi connectivity index (χ0n) is 20.4. The summed E-state index contributed by atoms with van der Waals surface area (Å²) in [7, 11) is -2.17. The van der Waals surface area contributed by atoms with Crippen LogP contribution in [0.1, 0.15) is 38.2 Å². The molecule has 0 unspecified atom stereocenters. The highest BCUT2D eigenvalue weighted by Gasteiger charge is 2.40. The van der Waals surface area contributed by atoms with Crippen molar-refractivity contribution in [1.82, 2.24) is 4.31 Å². The molecule has 2 fully saturated rings. The van der Waals surface area contributed by atoms with Crippen molar-refractivity contribution < 1.29 is 22.7 Å². The Morgan fingerprint density at radius 3 is 2.39 bits per heavy atom. The van der Waals surface area contributed by atoms with Crippen molar-refractivity contribution in [3.63, 3.8) is 0 Å². The van der Waals surface area contributed by atoms with Gasteiger partial charge in [-0.15, -0.1) is 0 Å². The Balaban J connectivity index is 1.23. The number of carbonyl (C=O) groups is 2. The lowest BCUT2D eigenvalue weighted by Crippen LogP contribution is -2.41. The molecule has 1 saturated carbocycles. The maximum absolute atomic E-state index is 13.4. The summed E-state index contributed by atoms with van der Waals surface area (Å²) in [6.07, 6.45) is 3.38. The number of nitrogens with zero attached hydrogens (tertiary/aromatic N) is 2. The van der Waals surface area contributed by atoms with E-state index in [2.05, 4.69) is 5.32 Å². The second kappa shape index (κ2) is 9.68. The Hall–Kier alpha value is -2.62. The van der Waals surface area contributed by atoms with Crippen LogP contribution in [0, 0.1) is 11.8 Å². The fourth-order valence-corrected chi connectivity index (χ4v) is 6.91. The summed E-state index contributed by atoms with van der Waals surface area (Å²) in [6, 6.07) is 10.2. The molecule has 8 nitrogen and oxygen atoms in total. The van der Waals surface area contributed by atoms with Gasteiger partial charge < -0.3 is 15.0 Å². The van der Waals surface area contributed by atoms with Gasteiger partial charge in [0.15, 0.2) is 0 Å². The molecule has 5 rings (SSSR count). The topological polar surface area (TPSA) is 96.0 Å². The van der Waals surface area contributed by atoms with Crippen LogP contribution in [0.15, 0.2) is 41.3 Å². The monoisotopic (exact) mass is 531 g/mol.